The maximum atomic E-state index is 11.6. The van der Waals surface area contributed by atoms with Gasteiger partial charge in [0.25, 0.3) is 0 Å². The summed E-state index contributed by atoms with van der Waals surface area (Å²) in [5.74, 6) is -0.819. The lowest BCUT2D eigenvalue weighted by Gasteiger charge is -2.14. The van der Waals surface area contributed by atoms with Crippen molar-refractivity contribution in [3.63, 3.8) is 0 Å². The van der Waals surface area contributed by atoms with Crippen LogP contribution in [0.1, 0.15) is 6.92 Å². The Balaban J connectivity index is 2.43. The summed E-state index contributed by atoms with van der Waals surface area (Å²) in [6.07, 6.45) is 0. The lowest BCUT2D eigenvalue weighted by Crippen LogP contribution is -2.31. The number of nitriles is 1. The second kappa shape index (κ2) is 5.75. The van der Waals surface area contributed by atoms with Gasteiger partial charge in [0.2, 0.25) is 5.91 Å². The zero-order valence-electron chi connectivity index (χ0n) is 9.05. The molecule has 6 heteroatoms. The highest BCUT2D eigenvalue weighted by molar-refractivity contribution is 8.00. The van der Waals surface area contributed by atoms with Crippen LogP contribution >= 0.6 is 11.8 Å². The Kier molecular flexibility index (Phi) is 4.62. The van der Waals surface area contributed by atoms with Crippen LogP contribution in [-0.2, 0) is 9.59 Å². The maximum Gasteiger partial charge on any atom is 0.308 e. The summed E-state index contributed by atoms with van der Waals surface area (Å²) in [7, 11) is 0. The summed E-state index contributed by atoms with van der Waals surface area (Å²) in [5, 5.41) is 17.2. The Morgan fingerprint density at radius 1 is 1.56 bits per heavy atom. The molecule has 0 unspecified atom stereocenters. The molecule has 0 aromatic heterocycles. The van der Waals surface area contributed by atoms with E-state index in [1.807, 2.05) is 13.0 Å². The van der Waals surface area contributed by atoms with Crippen LogP contribution in [0.5, 0.6) is 0 Å². The van der Waals surface area contributed by atoms with Gasteiger partial charge >= 0.3 is 5.97 Å². The average molecular weight is 242 g/mol. The zero-order chi connectivity index (χ0) is 12.1. The van der Waals surface area contributed by atoms with E-state index < -0.39 is 11.9 Å². The van der Waals surface area contributed by atoms with Crippen molar-refractivity contribution in [2.45, 2.75) is 6.92 Å². The summed E-state index contributed by atoms with van der Waals surface area (Å²) in [6, 6.07) is 1.95. The van der Waals surface area contributed by atoms with Crippen LogP contribution in [0.2, 0.25) is 0 Å². The van der Waals surface area contributed by atoms with E-state index in [0.717, 1.165) is 0 Å². The lowest BCUT2D eigenvalue weighted by atomic mass is 9.99. The summed E-state index contributed by atoms with van der Waals surface area (Å²) in [6.45, 7) is 2.64. The fourth-order valence-electron chi connectivity index (χ4n) is 1.77. The molecule has 1 N–H and O–H groups in total. The molecule has 16 heavy (non-hydrogen) atoms. The molecule has 0 radical (unpaired) electrons. The van der Waals surface area contributed by atoms with Gasteiger partial charge in [-0.25, -0.2) is 0 Å². The molecule has 0 aromatic rings. The van der Waals surface area contributed by atoms with Crippen LogP contribution in [0.4, 0.5) is 0 Å². The second-order valence-corrected chi connectivity index (χ2v) is 4.86. The first-order valence-corrected chi connectivity index (χ1v) is 6.17. The zero-order valence-corrected chi connectivity index (χ0v) is 9.87. The third-order valence-corrected chi connectivity index (χ3v) is 3.46. The second-order valence-electron chi connectivity index (χ2n) is 3.87. The number of carbonyl (C=O) groups is 2. The van der Waals surface area contributed by atoms with Crippen LogP contribution in [0.25, 0.3) is 0 Å². The van der Waals surface area contributed by atoms with Gasteiger partial charge in [0.1, 0.15) is 0 Å². The van der Waals surface area contributed by atoms with E-state index in [1.54, 1.807) is 4.90 Å². The number of hydrogen-bond acceptors (Lipinski definition) is 4. The lowest BCUT2D eigenvalue weighted by molar-refractivity contribution is -0.142. The number of aliphatic carboxylic acids is 1. The highest BCUT2D eigenvalue weighted by atomic mass is 32.2. The molecular formula is C10H14N2O3S. The smallest absolute Gasteiger partial charge is 0.308 e. The number of carbonyl (C=O) groups excluding carboxylic acids is 1. The van der Waals surface area contributed by atoms with Crippen molar-refractivity contribution in [1.82, 2.24) is 4.90 Å². The number of amides is 1. The van der Waals surface area contributed by atoms with Crippen molar-refractivity contribution in [3.8, 4) is 6.07 Å². The monoisotopic (exact) mass is 242 g/mol. The molecule has 1 heterocycles. The predicted molar refractivity (Wildman–Crippen MR) is 59.8 cm³/mol. The van der Waals surface area contributed by atoms with Crippen LogP contribution in [0.15, 0.2) is 0 Å². The molecule has 2 atom stereocenters. The molecule has 88 valence electrons. The maximum absolute atomic E-state index is 11.6. The molecule has 1 amide bonds. The van der Waals surface area contributed by atoms with Crippen LogP contribution in [-0.4, -0.2) is 46.5 Å². The molecule has 0 saturated carbocycles. The largest absolute Gasteiger partial charge is 0.481 e. The van der Waals surface area contributed by atoms with Crippen molar-refractivity contribution in [2.24, 2.45) is 11.8 Å². The predicted octanol–water partition coefficient (Wildman–Crippen LogP) is 0.422. The standard InChI is InChI=1S/C10H14N2O3S/c1-7-4-12(5-8(7)10(14)15)9(13)6-16-3-2-11/h7-8H,3-6H2,1H3,(H,14,15)/t7-,8-/m1/s1. The minimum Gasteiger partial charge on any atom is -0.481 e. The number of carboxylic acids is 1. The molecule has 1 rings (SSSR count). The quantitative estimate of drug-likeness (QED) is 0.723. The molecule has 0 aliphatic carbocycles. The van der Waals surface area contributed by atoms with Gasteiger partial charge in [0, 0.05) is 13.1 Å². The van der Waals surface area contributed by atoms with Gasteiger partial charge in [-0.15, -0.1) is 11.8 Å². The van der Waals surface area contributed by atoms with E-state index in [4.69, 9.17) is 10.4 Å². The molecule has 1 fully saturated rings. The highest BCUT2D eigenvalue weighted by Gasteiger charge is 2.36. The topological polar surface area (TPSA) is 81.4 Å². The molecular weight excluding hydrogens is 228 g/mol. The number of hydrogen-bond donors (Lipinski definition) is 1. The number of thioether (sulfide) groups is 1. The number of rotatable bonds is 4. The molecule has 1 saturated heterocycles. The van der Waals surface area contributed by atoms with E-state index in [0.29, 0.717) is 13.1 Å². The Bertz CT molecular complexity index is 327. The Hall–Kier alpha value is -1.22. The number of carboxylic acid groups (broad SMARTS) is 1. The molecule has 0 bridgehead atoms. The third kappa shape index (κ3) is 3.14. The van der Waals surface area contributed by atoms with Gasteiger partial charge in [-0.3, -0.25) is 9.59 Å². The Morgan fingerprint density at radius 2 is 2.25 bits per heavy atom. The van der Waals surface area contributed by atoms with Crippen LogP contribution in [0.3, 0.4) is 0 Å². The SMILES string of the molecule is C[C@@H]1CN(C(=O)CSCC#N)C[C@H]1C(=O)O. The van der Waals surface area contributed by atoms with Gasteiger partial charge in [-0.2, -0.15) is 5.26 Å². The minimum atomic E-state index is -0.840. The highest BCUT2D eigenvalue weighted by Crippen LogP contribution is 2.23. The van der Waals surface area contributed by atoms with Crippen LogP contribution in [0, 0.1) is 23.2 Å². The molecule has 5 nitrogen and oxygen atoms in total. The van der Waals surface area contributed by atoms with Gasteiger partial charge < -0.3 is 10.0 Å². The normalized spacial score (nSPS) is 24.1. The summed E-state index contributed by atoms with van der Waals surface area (Å²) < 4.78 is 0. The number of likely N-dealkylation sites (tertiary alicyclic amines) is 1. The Labute approximate surface area is 98.4 Å². The molecule has 0 spiro atoms. The van der Waals surface area contributed by atoms with E-state index in [1.165, 1.54) is 11.8 Å². The van der Waals surface area contributed by atoms with Crippen molar-refractivity contribution >= 4 is 23.6 Å². The summed E-state index contributed by atoms with van der Waals surface area (Å²) in [5.41, 5.74) is 0. The summed E-state index contributed by atoms with van der Waals surface area (Å²) in [4.78, 5) is 24.1. The van der Waals surface area contributed by atoms with E-state index >= 15 is 0 Å². The first-order valence-electron chi connectivity index (χ1n) is 5.01. The van der Waals surface area contributed by atoms with Crippen molar-refractivity contribution in [1.29, 1.82) is 5.26 Å². The third-order valence-electron chi connectivity index (χ3n) is 2.67. The van der Waals surface area contributed by atoms with Crippen molar-refractivity contribution in [3.05, 3.63) is 0 Å². The first-order chi connectivity index (χ1) is 7.56. The van der Waals surface area contributed by atoms with Gasteiger partial charge in [0.15, 0.2) is 0 Å². The van der Waals surface area contributed by atoms with Crippen molar-refractivity contribution in [2.75, 3.05) is 24.6 Å². The summed E-state index contributed by atoms with van der Waals surface area (Å²) >= 11 is 1.26. The first kappa shape index (κ1) is 12.8. The van der Waals surface area contributed by atoms with Gasteiger partial charge in [0.05, 0.1) is 23.5 Å². The van der Waals surface area contributed by atoms with Crippen LogP contribution < -0.4 is 0 Å². The average Bonchev–Trinajstić information content (AvgIpc) is 2.60. The van der Waals surface area contributed by atoms with Crippen molar-refractivity contribution < 1.29 is 14.7 Å². The van der Waals surface area contributed by atoms with E-state index in [9.17, 15) is 9.59 Å². The fraction of sp³-hybridized carbons (Fsp3) is 0.700. The number of nitrogens with zero attached hydrogens (tertiary/aromatic N) is 2. The Morgan fingerprint density at radius 3 is 2.75 bits per heavy atom. The fourth-order valence-corrected chi connectivity index (χ4v) is 2.32. The van der Waals surface area contributed by atoms with Gasteiger partial charge in [-0.1, -0.05) is 6.92 Å². The molecule has 0 aromatic carbocycles. The molecule has 1 aliphatic rings. The van der Waals surface area contributed by atoms with E-state index in [2.05, 4.69) is 0 Å². The minimum absolute atomic E-state index is 0.00224. The molecule has 1 aliphatic heterocycles. The van der Waals surface area contributed by atoms with E-state index in [-0.39, 0.29) is 23.3 Å². The van der Waals surface area contributed by atoms with Gasteiger partial charge in [-0.05, 0) is 5.92 Å².